The van der Waals surface area contributed by atoms with E-state index < -0.39 is 5.91 Å². The molecule has 0 spiro atoms. The number of thiophene rings is 1. The van der Waals surface area contributed by atoms with E-state index in [1.165, 1.54) is 11.3 Å². The molecule has 0 aliphatic carbocycles. The van der Waals surface area contributed by atoms with E-state index in [1.54, 1.807) is 12.1 Å². The lowest BCUT2D eigenvalue weighted by atomic mass is 10.0. The molecule has 3 N–H and O–H groups in total. The van der Waals surface area contributed by atoms with Crippen LogP contribution in [0.4, 0.5) is 5.00 Å². The van der Waals surface area contributed by atoms with Gasteiger partial charge in [-0.1, -0.05) is 58.0 Å². The molecule has 0 atom stereocenters. The zero-order valence-electron chi connectivity index (χ0n) is 20.3. The standard InChI is InChI=1S/C28H29N3O3S/c1-16(2)15-34-19-9-7-8-18(12-19)24-13-21(20-10-5-6-11-23(20)30-24)27(33)31-28-22(26(29)32)14-25(35-28)17(3)4/h5-14,16-17H,15H2,1-4H3,(H2,29,32)(H,31,33). The number of hydrogen-bond donors (Lipinski definition) is 2. The number of para-hydroxylation sites is 1. The zero-order chi connectivity index (χ0) is 25.1. The molecular weight excluding hydrogens is 458 g/mol. The van der Waals surface area contributed by atoms with Crippen molar-refractivity contribution in [1.82, 2.24) is 4.98 Å². The van der Waals surface area contributed by atoms with E-state index in [9.17, 15) is 9.59 Å². The Hall–Kier alpha value is -3.71. The molecule has 2 aromatic heterocycles. The van der Waals surface area contributed by atoms with Crippen molar-refractivity contribution in [2.75, 3.05) is 11.9 Å². The van der Waals surface area contributed by atoms with Gasteiger partial charge in [-0.15, -0.1) is 11.3 Å². The van der Waals surface area contributed by atoms with E-state index in [-0.39, 0.29) is 11.8 Å². The van der Waals surface area contributed by atoms with Crippen LogP contribution in [0.3, 0.4) is 0 Å². The van der Waals surface area contributed by atoms with Crippen molar-refractivity contribution in [3.05, 3.63) is 76.7 Å². The van der Waals surface area contributed by atoms with Gasteiger partial charge >= 0.3 is 0 Å². The number of fused-ring (bicyclic) bond motifs is 1. The molecular formula is C28H29N3O3S. The van der Waals surface area contributed by atoms with Gasteiger partial charge in [0.2, 0.25) is 0 Å². The minimum atomic E-state index is -0.568. The predicted octanol–water partition coefficient (Wildman–Crippen LogP) is 6.47. The first-order valence-electron chi connectivity index (χ1n) is 11.6. The number of carbonyl (C=O) groups excluding carboxylic acids is 2. The minimum absolute atomic E-state index is 0.210. The van der Waals surface area contributed by atoms with E-state index in [0.29, 0.717) is 39.9 Å². The molecule has 180 valence electrons. The number of carbonyl (C=O) groups is 2. The number of hydrogen-bond acceptors (Lipinski definition) is 5. The van der Waals surface area contributed by atoms with Gasteiger partial charge in [-0.2, -0.15) is 0 Å². The molecule has 0 fully saturated rings. The van der Waals surface area contributed by atoms with E-state index in [4.69, 9.17) is 15.5 Å². The lowest BCUT2D eigenvalue weighted by Crippen LogP contribution is -2.17. The number of pyridine rings is 1. The highest BCUT2D eigenvalue weighted by Crippen LogP contribution is 2.34. The molecule has 0 aliphatic rings. The molecule has 0 bridgehead atoms. The second-order valence-corrected chi connectivity index (χ2v) is 10.3. The van der Waals surface area contributed by atoms with Crippen LogP contribution in [0.1, 0.15) is 59.2 Å². The third kappa shape index (κ3) is 5.52. The summed E-state index contributed by atoms with van der Waals surface area (Å²) in [7, 11) is 0. The molecule has 0 radical (unpaired) electrons. The predicted molar refractivity (Wildman–Crippen MR) is 142 cm³/mol. The Morgan fingerprint density at radius 3 is 2.49 bits per heavy atom. The Morgan fingerprint density at radius 1 is 1.00 bits per heavy atom. The molecule has 6 nitrogen and oxygen atoms in total. The van der Waals surface area contributed by atoms with Crippen LogP contribution in [-0.2, 0) is 0 Å². The number of rotatable bonds is 8. The molecule has 4 aromatic rings. The Labute approximate surface area is 209 Å². The van der Waals surface area contributed by atoms with Gasteiger partial charge in [0.25, 0.3) is 11.8 Å². The summed E-state index contributed by atoms with van der Waals surface area (Å²) in [4.78, 5) is 31.3. The van der Waals surface area contributed by atoms with Crippen LogP contribution >= 0.6 is 11.3 Å². The fraction of sp³-hybridized carbons (Fsp3) is 0.250. The summed E-state index contributed by atoms with van der Waals surface area (Å²) in [5.41, 5.74) is 8.58. The van der Waals surface area contributed by atoms with Crippen LogP contribution in [0.25, 0.3) is 22.2 Å². The average Bonchev–Trinajstić information content (AvgIpc) is 3.26. The second kappa shape index (κ2) is 10.3. The van der Waals surface area contributed by atoms with Crippen LogP contribution in [0.5, 0.6) is 5.75 Å². The first-order valence-corrected chi connectivity index (χ1v) is 12.4. The van der Waals surface area contributed by atoms with Crippen molar-refractivity contribution < 1.29 is 14.3 Å². The van der Waals surface area contributed by atoms with Crippen molar-refractivity contribution in [2.45, 2.75) is 33.6 Å². The highest BCUT2D eigenvalue weighted by molar-refractivity contribution is 7.16. The molecule has 35 heavy (non-hydrogen) atoms. The van der Waals surface area contributed by atoms with E-state index in [2.05, 4.69) is 19.2 Å². The molecule has 2 heterocycles. The fourth-order valence-electron chi connectivity index (χ4n) is 3.66. The number of nitrogens with one attached hydrogen (secondary N) is 1. The Bertz CT molecular complexity index is 1390. The molecule has 0 unspecified atom stereocenters. The van der Waals surface area contributed by atoms with E-state index in [0.717, 1.165) is 21.6 Å². The summed E-state index contributed by atoms with van der Waals surface area (Å²) in [5, 5.41) is 4.11. The lowest BCUT2D eigenvalue weighted by molar-refractivity contribution is 0.100. The van der Waals surface area contributed by atoms with E-state index in [1.807, 2.05) is 62.4 Å². The number of primary amides is 1. The largest absolute Gasteiger partial charge is 0.493 e. The maximum Gasteiger partial charge on any atom is 0.257 e. The fourth-order valence-corrected chi connectivity index (χ4v) is 4.72. The molecule has 7 heteroatoms. The summed E-state index contributed by atoms with van der Waals surface area (Å²) in [6.07, 6.45) is 0. The van der Waals surface area contributed by atoms with Crippen LogP contribution < -0.4 is 15.8 Å². The van der Waals surface area contributed by atoms with Gasteiger partial charge in [0, 0.05) is 15.8 Å². The first-order chi connectivity index (χ1) is 16.7. The van der Waals surface area contributed by atoms with Gasteiger partial charge in [0.05, 0.1) is 28.9 Å². The van der Waals surface area contributed by atoms with Gasteiger partial charge < -0.3 is 15.8 Å². The monoisotopic (exact) mass is 487 g/mol. The van der Waals surface area contributed by atoms with Crippen molar-refractivity contribution in [3.8, 4) is 17.0 Å². The zero-order valence-corrected chi connectivity index (χ0v) is 21.1. The minimum Gasteiger partial charge on any atom is -0.493 e. The molecule has 0 saturated heterocycles. The first kappa shape index (κ1) is 24.4. The molecule has 2 aromatic carbocycles. The number of amides is 2. The Balaban J connectivity index is 1.74. The number of benzene rings is 2. The molecule has 0 saturated carbocycles. The van der Waals surface area contributed by atoms with Crippen LogP contribution in [0.15, 0.2) is 60.7 Å². The topological polar surface area (TPSA) is 94.3 Å². The van der Waals surface area contributed by atoms with Crippen LogP contribution in [0.2, 0.25) is 0 Å². The van der Waals surface area contributed by atoms with Crippen molar-refractivity contribution in [1.29, 1.82) is 0 Å². The maximum absolute atomic E-state index is 13.5. The summed E-state index contributed by atoms with van der Waals surface area (Å²) in [6, 6.07) is 18.7. The van der Waals surface area contributed by atoms with Gasteiger partial charge in [-0.3, -0.25) is 9.59 Å². The van der Waals surface area contributed by atoms with Crippen molar-refractivity contribution in [2.24, 2.45) is 11.7 Å². The van der Waals surface area contributed by atoms with E-state index >= 15 is 0 Å². The Kier molecular flexibility index (Phi) is 7.17. The third-order valence-corrected chi connectivity index (χ3v) is 6.84. The van der Waals surface area contributed by atoms with Gasteiger partial charge in [0.15, 0.2) is 0 Å². The second-order valence-electron chi connectivity index (χ2n) is 9.17. The van der Waals surface area contributed by atoms with Crippen molar-refractivity contribution in [3.63, 3.8) is 0 Å². The SMILES string of the molecule is CC(C)COc1cccc(-c2cc(C(=O)Nc3sc(C(C)C)cc3C(N)=O)c3ccccc3n2)c1. The lowest BCUT2D eigenvalue weighted by Gasteiger charge is -2.12. The molecule has 4 rings (SSSR count). The van der Waals surface area contributed by atoms with Crippen LogP contribution in [-0.4, -0.2) is 23.4 Å². The summed E-state index contributed by atoms with van der Waals surface area (Å²) >= 11 is 1.37. The summed E-state index contributed by atoms with van der Waals surface area (Å²) in [6.45, 7) is 8.87. The number of nitrogens with two attached hydrogens (primary N) is 1. The van der Waals surface area contributed by atoms with Crippen molar-refractivity contribution >= 4 is 39.1 Å². The molecule has 2 amide bonds. The number of anilines is 1. The van der Waals surface area contributed by atoms with Gasteiger partial charge in [0.1, 0.15) is 10.8 Å². The maximum atomic E-state index is 13.5. The van der Waals surface area contributed by atoms with Gasteiger partial charge in [-0.25, -0.2) is 4.98 Å². The Morgan fingerprint density at radius 2 is 1.77 bits per heavy atom. The average molecular weight is 488 g/mol. The number of aromatic nitrogens is 1. The highest BCUT2D eigenvalue weighted by atomic mass is 32.1. The number of ether oxygens (including phenoxy) is 1. The van der Waals surface area contributed by atoms with Crippen LogP contribution in [0, 0.1) is 5.92 Å². The quantitative estimate of drug-likeness (QED) is 0.298. The summed E-state index contributed by atoms with van der Waals surface area (Å²) < 4.78 is 5.88. The summed E-state index contributed by atoms with van der Waals surface area (Å²) in [5.74, 6) is 0.482. The smallest absolute Gasteiger partial charge is 0.257 e. The normalized spacial score (nSPS) is 11.3. The highest BCUT2D eigenvalue weighted by Gasteiger charge is 2.20. The third-order valence-electron chi connectivity index (χ3n) is 5.49. The number of nitrogens with zero attached hydrogens (tertiary/aromatic N) is 1. The van der Waals surface area contributed by atoms with Gasteiger partial charge in [-0.05, 0) is 42.2 Å². The molecule has 0 aliphatic heterocycles.